The SMILES string of the molecule is N#Cc1ccc(COC(=O)Cn2nnc(-c3cccs3)n2)cc1. The van der Waals surface area contributed by atoms with Gasteiger partial charge in [0.25, 0.3) is 0 Å². The summed E-state index contributed by atoms with van der Waals surface area (Å²) < 4.78 is 5.16. The Bertz CT molecular complexity index is 834. The fourth-order valence-corrected chi connectivity index (χ4v) is 2.46. The summed E-state index contributed by atoms with van der Waals surface area (Å²) in [4.78, 5) is 13.9. The Morgan fingerprint density at radius 1 is 1.30 bits per heavy atom. The van der Waals surface area contributed by atoms with Gasteiger partial charge in [-0.25, -0.2) is 4.79 Å². The summed E-state index contributed by atoms with van der Waals surface area (Å²) in [6.07, 6.45) is 0. The zero-order valence-electron chi connectivity index (χ0n) is 11.9. The maximum atomic E-state index is 11.8. The molecule has 0 saturated carbocycles. The van der Waals surface area contributed by atoms with E-state index in [9.17, 15) is 4.79 Å². The van der Waals surface area contributed by atoms with Gasteiger partial charge in [-0.1, -0.05) is 18.2 Å². The fraction of sp³-hybridized carbons (Fsp3) is 0.133. The molecule has 2 aromatic heterocycles. The second kappa shape index (κ2) is 6.81. The van der Waals surface area contributed by atoms with Crippen LogP contribution in [0, 0.1) is 11.3 Å². The maximum Gasteiger partial charge on any atom is 0.330 e. The third-order valence-corrected chi connectivity index (χ3v) is 3.81. The molecule has 0 saturated heterocycles. The lowest BCUT2D eigenvalue weighted by Gasteiger charge is -2.04. The first kappa shape index (κ1) is 14.9. The molecule has 2 heterocycles. The van der Waals surface area contributed by atoms with Gasteiger partial charge in [-0.15, -0.1) is 21.5 Å². The Kier molecular flexibility index (Phi) is 4.40. The third-order valence-electron chi connectivity index (χ3n) is 2.95. The van der Waals surface area contributed by atoms with Gasteiger partial charge < -0.3 is 4.74 Å². The van der Waals surface area contributed by atoms with Crippen molar-refractivity contribution in [3.8, 4) is 16.8 Å². The molecule has 23 heavy (non-hydrogen) atoms. The highest BCUT2D eigenvalue weighted by Crippen LogP contribution is 2.19. The summed E-state index contributed by atoms with van der Waals surface area (Å²) in [7, 11) is 0. The molecular formula is C15H11N5O2S. The maximum absolute atomic E-state index is 11.8. The van der Waals surface area contributed by atoms with Gasteiger partial charge in [0.1, 0.15) is 6.61 Å². The number of tetrazole rings is 1. The van der Waals surface area contributed by atoms with E-state index in [0.29, 0.717) is 11.4 Å². The smallest absolute Gasteiger partial charge is 0.330 e. The average Bonchev–Trinajstić information content (AvgIpc) is 3.24. The van der Waals surface area contributed by atoms with Crippen molar-refractivity contribution in [3.63, 3.8) is 0 Å². The van der Waals surface area contributed by atoms with Gasteiger partial charge in [0, 0.05) is 0 Å². The molecule has 3 rings (SSSR count). The summed E-state index contributed by atoms with van der Waals surface area (Å²) in [5.41, 5.74) is 1.37. The predicted molar refractivity (Wildman–Crippen MR) is 82.1 cm³/mol. The van der Waals surface area contributed by atoms with Crippen molar-refractivity contribution >= 4 is 17.3 Å². The first-order valence-electron chi connectivity index (χ1n) is 6.71. The number of benzene rings is 1. The molecule has 0 aliphatic carbocycles. The van der Waals surface area contributed by atoms with Crippen LogP contribution in [-0.4, -0.2) is 26.2 Å². The monoisotopic (exact) mass is 325 g/mol. The number of nitrogens with zero attached hydrogens (tertiary/aromatic N) is 5. The summed E-state index contributed by atoms with van der Waals surface area (Å²) in [5, 5.41) is 22.5. The van der Waals surface area contributed by atoms with Gasteiger partial charge in [0.05, 0.1) is 16.5 Å². The molecule has 1 aromatic carbocycles. The molecule has 0 amide bonds. The van der Waals surface area contributed by atoms with E-state index in [1.54, 1.807) is 24.3 Å². The number of rotatable bonds is 5. The number of nitriles is 1. The predicted octanol–water partition coefficient (Wildman–Crippen LogP) is 2.02. The number of thiophene rings is 1. The van der Waals surface area contributed by atoms with Crippen molar-refractivity contribution in [2.75, 3.05) is 0 Å². The van der Waals surface area contributed by atoms with Crippen LogP contribution in [0.3, 0.4) is 0 Å². The fourth-order valence-electron chi connectivity index (χ4n) is 1.82. The number of aromatic nitrogens is 4. The zero-order chi connectivity index (χ0) is 16.1. The molecule has 7 nitrogen and oxygen atoms in total. The largest absolute Gasteiger partial charge is 0.459 e. The lowest BCUT2D eigenvalue weighted by atomic mass is 10.2. The van der Waals surface area contributed by atoms with E-state index in [2.05, 4.69) is 15.4 Å². The molecule has 0 radical (unpaired) electrons. The lowest BCUT2D eigenvalue weighted by molar-refractivity contribution is -0.146. The van der Waals surface area contributed by atoms with Gasteiger partial charge in [0.15, 0.2) is 6.54 Å². The van der Waals surface area contributed by atoms with Gasteiger partial charge in [-0.05, 0) is 34.4 Å². The number of esters is 1. The van der Waals surface area contributed by atoms with Crippen molar-refractivity contribution in [2.45, 2.75) is 13.2 Å². The van der Waals surface area contributed by atoms with E-state index in [1.165, 1.54) is 16.1 Å². The van der Waals surface area contributed by atoms with Crippen LogP contribution in [0.2, 0.25) is 0 Å². The van der Waals surface area contributed by atoms with E-state index in [4.69, 9.17) is 10.00 Å². The molecule has 3 aromatic rings. The minimum atomic E-state index is -0.454. The molecule has 0 fully saturated rings. The first-order valence-corrected chi connectivity index (χ1v) is 7.59. The summed E-state index contributed by atoms with van der Waals surface area (Å²) in [5.74, 6) is 0.0318. The van der Waals surface area contributed by atoms with Crippen LogP contribution in [0.15, 0.2) is 41.8 Å². The Morgan fingerprint density at radius 3 is 2.83 bits per heavy atom. The lowest BCUT2D eigenvalue weighted by Crippen LogP contribution is -2.15. The molecule has 8 heteroatoms. The van der Waals surface area contributed by atoms with Crippen LogP contribution in [0.4, 0.5) is 0 Å². The number of carbonyl (C=O) groups excluding carboxylic acids is 1. The van der Waals surface area contributed by atoms with Crippen LogP contribution in [0.25, 0.3) is 10.7 Å². The highest BCUT2D eigenvalue weighted by Gasteiger charge is 2.11. The van der Waals surface area contributed by atoms with Crippen molar-refractivity contribution in [1.82, 2.24) is 20.2 Å². The Balaban J connectivity index is 1.54. The molecule has 114 valence electrons. The van der Waals surface area contributed by atoms with Crippen LogP contribution in [0.1, 0.15) is 11.1 Å². The van der Waals surface area contributed by atoms with E-state index in [1.807, 2.05) is 23.6 Å². The van der Waals surface area contributed by atoms with E-state index in [-0.39, 0.29) is 13.2 Å². The second-order valence-electron chi connectivity index (χ2n) is 4.59. The molecule has 0 atom stereocenters. The number of carbonyl (C=O) groups is 1. The van der Waals surface area contributed by atoms with Crippen molar-refractivity contribution < 1.29 is 9.53 Å². The van der Waals surface area contributed by atoms with Gasteiger partial charge in [-0.2, -0.15) is 10.1 Å². The molecule has 0 bridgehead atoms. The second-order valence-corrected chi connectivity index (χ2v) is 5.54. The standard InChI is InChI=1S/C15H11N5O2S/c16-8-11-3-5-12(6-4-11)10-22-14(21)9-20-18-15(17-19-20)13-2-1-7-23-13/h1-7H,9-10H2. The van der Waals surface area contributed by atoms with Crippen LogP contribution < -0.4 is 0 Å². The Hall–Kier alpha value is -3.05. The normalized spacial score (nSPS) is 10.2. The zero-order valence-corrected chi connectivity index (χ0v) is 12.7. The minimum Gasteiger partial charge on any atom is -0.459 e. The topological polar surface area (TPSA) is 93.7 Å². The average molecular weight is 325 g/mol. The Morgan fingerprint density at radius 2 is 2.13 bits per heavy atom. The highest BCUT2D eigenvalue weighted by atomic mass is 32.1. The van der Waals surface area contributed by atoms with Gasteiger partial charge in [0.2, 0.25) is 5.82 Å². The quantitative estimate of drug-likeness (QED) is 0.666. The number of hydrogen-bond donors (Lipinski definition) is 0. The number of hydrogen-bond acceptors (Lipinski definition) is 7. The van der Waals surface area contributed by atoms with Crippen molar-refractivity contribution in [2.24, 2.45) is 0 Å². The van der Waals surface area contributed by atoms with Crippen LogP contribution in [0.5, 0.6) is 0 Å². The summed E-state index contributed by atoms with van der Waals surface area (Å²) in [6, 6.07) is 12.7. The molecule has 0 unspecified atom stereocenters. The van der Waals surface area contributed by atoms with E-state index >= 15 is 0 Å². The highest BCUT2D eigenvalue weighted by molar-refractivity contribution is 7.13. The van der Waals surface area contributed by atoms with Gasteiger partial charge >= 0.3 is 5.97 Å². The Labute approximate surface area is 135 Å². The molecule has 0 aliphatic heterocycles. The minimum absolute atomic E-state index is 0.103. The first-order chi connectivity index (χ1) is 11.2. The number of ether oxygens (including phenoxy) is 1. The van der Waals surface area contributed by atoms with Crippen LogP contribution >= 0.6 is 11.3 Å². The molecule has 0 N–H and O–H groups in total. The summed E-state index contributed by atoms with van der Waals surface area (Å²) >= 11 is 1.50. The third kappa shape index (κ3) is 3.78. The molecular weight excluding hydrogens is 314 g/mol. The van der Waals surface area contributed by atoms with E-state index < -0.39 is 5.97 Å². The van der Waals surface area contributed by atoms with E-state index in [0.717, 1.165) is 10.4 Å². The van der Waals surface area contributed by atoms with Crippen LogP contribution in [-0.2, 0) is 22.7 Å². The van der Waals surface area contributed by atoms with Gasteiger partial charge in [-0.3, -0.25) is 0 Å². The van der Waals surface area contributed by atoms with Crippen molar-refractivity contribution in [3.05, 3.63) is 52.9 Å². The van der Waals surface area contributed by atoms with Crippen molar-refractivity contribution in [1.29, 1.82) is 5.26 Å². The molecule has 0 spiro atoms. The summed E-state index contributed by atoms with van der Waals surface area (Å²) in [6.45, 7) is 0.0334. The molecule has 0 aliphatic rings.